The first-order chi connectivity index (χ1) is 9.65. The number of carbonyl (C=O) groups is 1. The molecule has 0 fully saturated rings. The van der Waals surface area contributed by atoms with Crippen LogP contribution in [0.15, 0.2) is 42.7 Å². The van der Waals surface area contributed by atoms with Crippen LogP contribution in [0.2, 0.25) is 0 Å². The number of amides is 1. The average Bonchev–Trinajstić information content (AvgIpc) is 2.47. The minimum absolute atomic E-state index is 0.0938. The van der Waals surface area contributed by atoms with Gasteiger partial charge in [-0.1, -0.05) is 30.3 Å². The van der Waals surface area contributed by atoms with Gasteiger partial charge in [-0.05, 0) is 12.5 Å². The third-order valence-electron chi connectivity index (χ3n) is 2.93. The molecule has 0 saturated heterocycles. The van der Waals surface area contributed by atoms with Gasteiger partial charge in [0.05, 0.1) is 24.1 Å². The number of nitrogens with zero attached hydrogens (tertiary/aromatic N) is 2. The molecular formula is C15H18N4O. The van der Waals surface area contributed by atoms with Crippen LogP contribution in [0.25, 0.3) is 0 Å². The normalized spacial score (nSPS) is 11.9. The molecule has 2 aromatic rings. The highest BCUT2D eigenvalue weighted by Crippen LogP contribution is 2.12. The number of benzene rings is 1. The summed E-state index contributed by atoms with van der Waals surface area (Å²) in [5, 5.41) is 2.80. The van der Waals surface area contributed by atoms with E-state index in [0.717, 1.165) is 17.0 Å². The van der Waals surface area contributed by atoms with E-state index >= 15 is 0 Å². The van der Waals surface area contributed by atoms with Crippen LogP contribution in [0.5, 0.6) is 0 Å². The lowest BCUT2D eigenvalue weighted by Crippen LogP contribution is -2.27. The van der Waals surface area contributed by atoms with Gasteiger partial charge in [0.1, 0.15) is 0 Å². The maximum Gasteiger partial charge on any atom is 0.222 e. The van der Waals surface area contributed by atoms with Gasteiger partial charge in [-0.25, -0.2) is 0 Å². The second kappa shape index (κ2) is 6.77. The molecule has 1 unspecified atom stereocenters. The number of nitrogens with one attached hydrogen (secondary N) is 1. The lowest BCUT2D eigenvalue weighted by atomic mass is 10.0. The predicted octanol–water partition coefficient (Wildman–Crippen LogP) is 1.49. The molecule has 1 amide bonds. The SMILES string of the molecule is Cc1cnc(CNC(=O)CC(N)c2ccccc2)cn1. The second-order valence-corrected chi connectivity index (χ2v) is 4.65. The molecule has 0 saturated carbocycles. The van der Waals surface area contributed by atoms with Gasteiger partial charge in [0, 0.05) is 18.7 Å². The van der Waals surface area contributed by atoms with Gasteiger partial charge in [-0.3, -0.25) is 14.8 Å². The van der Waals surface area contributed by atoms with E-state index in [1.54, 1.807) is 12.4 Å². The molecule has 0 bridgehead atoms. The highest BCUT2D eigenvalue weighted by molar-refractivity contribution is 5.76. The van der Waals surface area contributed by atoms with Crippen molar-refractivity contribution < 1.29 is 4.79 Å². The second-order valence-electron chi connectivity index (χ2n) is 4.65. The highest BCUT2D eigenvalue weighted by Gasteiger charge is 2.11. The Bertz CT molecular complexity index is 554. The van der Waals surface area contributed by atoms with Crippen molar-refractivity contribution in [3.8, 4) is 0 Å². The first-order valence-corrected chi connectivity index (χ1v) is 6.50. The van der Waals surface area contributed by atoms with E-state index in [9.17, 15) is 4.79 Å². The summed E-state index contributed by atoms with van der Waals surface area (Å²) < 4.78 is 0. The van der Waals surface area contributed by atoms with Gasteiger partial charge in [0.15, 0.2) is 0 Å². The summed E-state index contributed by atoms with van der Waals surface area (Å²) in [6.45, 7) is 2.24. The molecule has 2 rings (SSSR count). The maximum absolute atomic E-state index is 11.8. The molecule has 3 N–H and O–H groups in total. The number of aryl methyl sites for hydroxylation is 1. The fourth-order valence-electron chi connectivity index (χ4n) is 1.79. The number of rotatable bonds is 5. The van der Waals surface area contributed by atoms with Crippen molar-refractivity contribution in [1.82, 2.24) is 15.3 Å². The zero-order valence-corrected chi connectivity index (χ0v) is 11.4. The minimum atomic E-state index is -0.291. The molecule has 0 aliphatic carbocycles. The Morgan fingerprint density at radius 3 is 2.65 bits per heavy atom. The zero-order valence-electron chi connectivity index (χ0n) is 11.4. The summed E-state index contributed by atoms with van der Waals surface area (Å²) in [5.41, 5.74) is 8.54. The summed E-state index contributed by atoms with van der Waals surface area (Å²) in [6.07, 6.45) is 3.59. The number of hydrogen-bond donors (Lipinski definition) is 2. The van der Waals surface area contributed by atoms with E-state index in [2.05, 4.69) is 15.3 Å². The van der Waals surface area contributed by atoms with Crippen LogP contribution >= 0.6 is 0 Å². The number of aromatic nitrogens is 2. The predicted molar refractivity (Wildman–Crippen MR) is 76.6 cm³/mol. The number of nitrogens with two attached hydrogens (primary N) is 1. The largest absolute Gasteiger partial charge is 0.350 e. The van der Waals surface area contributed by atoms with Crippen molar-refractivity contribution in [3.63, 3.8) is 0 Å². The average molecular weight is 270 g/mol. The molecule has 5 nitrogen and oxygen atoms in total. The summed E-state index contributed by atoms with van der Waals surface area (Å²) in [4.78, 5) is 20.1. The molecular weight excluding hydrogens is 252 g/mol. The lowest BCUT2D eigenvalue weighted by Gasteiger charge is -2.11. The van der Waals surface area contributed by atoms with E-state index in [0.29, 0.717) is 6.54 Å². The minimum Gasteiger partial charge on any atom is -0.350 e. The molecule has 5 heteroatoms. The third kappa shape index (κ3) is 4.13. The van der Waals surface area contributed by atoms with E-state index < -0.39 is 0 Å². The third-order valence-corrected chi connectivity index (χ3v) is 2.93. The molecule has 1 heterocycles. The summed E-state index contributed by atoms with van der Waals surface area (Å²) in [7, 11) is 0. The molecule has 0 aliphatic rings. The van der Waals surface area contributed by atoms with Gasteiger partial charge >= 0.3 is 0 Å². The number of hydrogen-bond acceptors (Lipinski definition) is 4. The van der Waals surface area contributed by atoms with E-state index in [4.69, 9.17) is 5.73 Å². The molecule has 104 valence electrons. The maximum atomic E-state index is 11.8. The van der Waals surface area contributed by atoms with Crippen molar-refractivity contribution in [3.05, 3.63) is 59.7 Å². The van der Waals surface area contributed by atoms with Crippen molar-refractivity contribution >= 4 is 5.91 Å². The van der Waals surface area contributed by atoms with Crippen molar-refractivity contribution in [2.24, 2.45) is 5.73 Å². The first kappa shape index (κ1) is 14.1. The van der Waals surface area contributed by atoms with Crippen molar-refractivity contribution in [2.75, 3.05) is 0 Å². The Morgan fingerprint density at radius 1 is 1.25 bits per heavy atom. The quantitative estimate of drug-likeness (QED) is 0.862. The lowest BCUT2D eigenvalue weighted by molar-refractivity contribution is -0.121. The van der Waals surface area contributed by atoms with Gasteiger partial charge in [-0.15, -0.1) is 0 Å². The Kier molecular flexibility index (Phi) is 4.79. The molecule has 1 atom stereocenters. The van der Waals surface area contributed by atoms with E-state index in [-0.39, 0.29) is 18.4 Å². The molecule has 0 aliphatic heterocycles. The highest BCUT2D eigenvalue weighted by atomic mass is 16.1. The summed E-state index contributed by atoms with van der Waals surface area (Å²) in [5.74, 6) is -0.0938. The van der Waals surface area contributed by atoms with Crippen LogP contribution in [0.3, 0.4) is 0 Å². The van der Waals surface area contributed by atoms with Gasteiger partial charge < -0.3 is 11.1 Å². The van der Waals surface area contributed by atoms with Gasteiger partial charge in [0.25, 0.3) is 0 Å². The van der Waals surface area contributed by atoms with Crippen molar-refractivity contribution in [2.45, 2.75) is 25.9 Å². The van der Waals surface area contributed by atoms with Gasteiger partial charge in [-0.2, -0.15) is 0 Å². The zero-order chi connectivity index (χ0) is 14.4. The fourth-order valence-corrected chi connectivity index (χ4v) is 1.79. The van der Waals surface area contributed by atoms with Gasteiger partial charge in [0.2, 0.25) is 5.91 Å². The fraction of sp³-hybridized carbons (Fsp3) is 0.267. The monoisotopic (exact) mass is 270 g/mol. The van der Waals surface area contributed by atoms with Crippen LogP contribution in [0.1, 0.15) is 29.4 Å². The Morgan fingerprint density at radius 2 is 2.00 bits per heavy atom. The van der Waals surface area contributed by atoms with Crippen molar-refractivity contribution in [1.29, 1.82) is 0 Å². The topological polar surface area (TPSA) is 80.9 Å². The van der Waals surface area contributed by atoms with E-state index in [1.165, 1.54) is 0 Å². The Hall–Kier alpha value is -2.27. The molecule has 1 aromatic heterocycles. The van der Waals surface area contributed by atoms with Crippen LogP contribution in [-0.2, 0) is 11.3 Å². The summed E-state index contributed by atoms with van der Waals surface area (Å²) in [6, 6.07) is 9.30. The van der Waals surface area contributed by atoms with Crippen LogP contribution in [0.4, 0.5) is 0 Å². The van der Waals surface area contributed by atoms with Crippen LogP contribution in [0, 0.1) is 6.92 Å². The summed E-state index contributed by atoms with van der Waals surface area (Å²) >= 11 is 0. The van der Waals surface area contributed by atoms with Crippen LogP contribution in [-0.4, -0.2) is 15.9 Å². The standard InChI is InChI=1S/C15H18N4O/c1-11-8-18-13(9-17-11)10-19-15(20)7-14(16)12-5-3-2-4-6-12/h2-6,8-9,14H,7,10,16H2,1H3,(H,19,20). The Balaban J connectivity index is 1.82. The van der Waals surface area contributed by atoms with E-state index in [1.807, 2.05) is 37.3 Å². The molecule has 0 radical (unpaired) electrons. The molecule has 0 spiro atoms. The smallest absolute Gasteiger partial charge is 0.222 e. The molecule has 20 heavy (non-hydrogen) atoms. The first-order valence-electron chi connectivity index (χ1n) is 6.50. The Labute approximate surface area is 118 Å². The number of carbonyl (C=O) groups excluding carboxylic acids is 1. The van der Waals surface area contributed by atoms with Crippen LogP contribution < -0.4 is 11.1 Å². The molecule has 1 aromatic carbocycles.